The van der Waals surface area contributed by atoms with Crippen LogP contribution in [0.1, 0.15) is 45.6 Å². The van der Waals surface area contributed by atoms with E-state index in [1.54, 1.807) is 14.2 Å². The van der Waals surface area contributed by atoms with Gasteiger partial charge in [-0.3, -0.25) is 4.99 Å². The van der Waals surface area contributed by atoms with Gasteiger partial charge in [0.05, 0.1) is 20.8 Å². The smallest absolute Gasteiger partial charge is 0.193 e. The zero-order valence-corrected chi connectivity index (χ0v) is 20.5. The lowest BCUT2D eigenvalue weighted by molar-refractivity contribution is 0.392. The number of likely N-dealkylation sites (tertiary alicyclic amines) is 1. The first-order valence-corrected chi connectivity index (χ1v) is 9.87. The van der Waals surface area contributed by atoms with E-state index in [4.69, 9.17) is 14.5 Å². The van der Waals surface area contributed by atoms with E-state index in [0.29, 0.717) is 5.92 Å². The topological polar surface area (TPSA) is 58.1 Å². The van der Waals surface area contributed by atoms with Crippen molar-refractivity contribution in [3.63, 3.8) is 0 Å². The van der Waals surface area contributed by atoms with E-state index in [1.165, 1.54) is 5.56 Å². The average molecular weight is 504 g/mol. The van der Waals surface area contributed by atoms with Crippen LogP contribution in [0.3, 0.4) is 0 Å². The molecular formula is C21H37IN4O2. The number of nitrogens with one attached hydrogen (secondary N) is 2. The molecule has 2 rings (SSSR count). The Morgan fingerprint density at radius 1 is 1.18 bits per heavy atom. The molecule has 160 valence electrons. The molecule has 1 fully saturated rings. The quantitative estimate of drug-likeness (QED) is 0.258. The maximum absolute atomic E-state index is 5.43. The van der Waals surface area contributed by atoms with E-state index in [-0.39, 0.29) is 29.5 Å². The van der Waals surface area contributed by atoms with Crippen LogP contribution in [-0.2, 0) is 0 Å². The predicted molar refractivity (Wildman–Crippen MR) is 128 cm³/mol. The van der Waals surface area contributed by atoms with Crippen molar-refractivity contribution in [2.45, 2.75) is 45.6 Å². The van der Waals surface area contributed by atoms with Gasteiger partial charge in [0.2, 0.25) is 0 Å². The van der Waals surface area contributed by atoms with Crippen LogP contribution >= 0.6 is 24.0 Å². The maximum atomic E-state index is 5.43. The Morgan fingerprint density at radius 2 is 1.82 bits per heavy atom. The minimum absolute atomic E-state index is 0. The number of guanidine groups is 1. The Kier molecular flexibility index (Phi) is 10.4. The third kappa shape index (κ3) is 7.66. The van der Waals surface area contributed by atoms with Crippen molar-refractivity contribution in [3.05, 3.63) is 23.8 Å². The summed E-state index contributed by atoms with van der Waals surface area (Å²) in [5.74, 6) is 3.14. The Bertz CT molecular complexity index is 609. The van der Waals surface area contributed by atoms with Crippen LogP contribution in [0.25, 0.3) is 0 Å². The molecule has 1 saturated heterocycles. The lowest BCUT2D eigenvalue weighted by atomic mass is 9.98. The Labute approximate surface area is 187 Å². The number of methoxy groups -OCH3 is 2. The van der Waals surface area contributed by atoms with Gasteiger partial charge in [0.15, 0.2) is 5.96 Å². The van der Waals surface area contributed by atoms with Gasteiger partial charge in [-0.1, -0.05) is 0 Å². The molecule has 0 aliphatic carbocycles. The summed E-state index contributed by atoms with van der Waals surface area (Å²) >= 11 is 0. The highest BCUT2D eigenvalue weighted by Gasteiger charge is 2.27. The molecule has 0 bridgehead atoms. The SMILES string of the molecule is CCNC(=NCCNC(C)(C)C)N1CCC(c2cc(OC)cc(OC)c2)C1.I. The summed E-state index contributed by atoms with van der Waals surface area (Å²) in [5, 5.41) is 6.93. The van der Waals surface area contributed by atoms with Gasteiger partial charge < -0.3 is 25.0 Å². The second-order valence-electron chi connectivity index (χ2n) is 7.99. The molecule has 7 heteroatoms. The summed E-state index contributed by atoms with van der Waals surface area (Å²) in [7, 11) is 3.39. The first-order valence-electron chi connectivity index (χ1n) is 9.87. The van der Waals surface area contributed by atoms with Crippen LogP contribution in [0.5, 0.6) is 11.5 Å². The summed E-state index contributed by atoms with van der Waals surface area (Å²) in [6.07, 6.45) is 1.10. The van der Waals surface area contributed by atoms with E-state index in [1.807, 2.05) is 6.07 Å². The fraction of sp³-hybridized carbons (Fsp3) is 0.667. The Morgan fingerprint density at radius 3 is 2.36 bits per heavy atom. The zero-order chi connectivity index (χ0) is 19.9. The summed E-state index contributed by atoms with van der Waals surface area (Å²) < 4.78 is 10.9. The third-order valence-electron chi connectivity index (χ3n) is 4.70. The maximum Gasteiger partial charge on any atom is 0.193 e. The first kappa shape index (κ1) is 24.8. The van der Waals surface area contributed by atoms with E-state index in [0.717, 1.165) is 56.6 Å². The zero-order valence-electron chi connectivity index (χ0n) is 18.2. The largest absolute Gasteiger partial charge is 0.497 e. The number of benzene rings is 1. The van der Waals surface area contributed by atoms with Crippen molar-refractivity contribution in [2.75, 3.05) is 46.9 Å². The second-order valence-corrected chi connectivity index (χ2v) is 7.99. The fourth-order valence-electron chi connectivity index (χ4n) is 3.31. The highest BCUT2D eigenvalue weighted by molar-refractivity contribution is 14.0. The number of nitrogens with zero attached hydrogens (tertiary/aromatic N) is 2. The molecule has 0 amide bonds. The standard InChI is InChI=1S/C21H36N4O2.HI/c1-7-22-20(23-9-10-24-21(2,3)4)25-11-8-16(15-25)17-12-18(26-5)14-19(13-17)27-6;/h12-14,16,24H,7-11,15H2,1-6H3,(H,22,23);1H. The third-order valence-corrected chi connectivity index (χ3v) is 4.70. The number of ether oxygens (including phenoxy) is 2. The van der Waals surface area contributed by atoms with Crippen LogP contribution in [0, 0.1) is 0 Å². The van der Waals surface area contributed by atoms with Gasteiger partial charge in [0.25, 0.3) is 0 Å². The molecule has 0 saturated carbocycles. The number of rotatable bonds is 7. The van der Waals surface area contributed by atoms with Crippen molar-refractivity contribution < 1.29 is 9.47 Å². The molecule has 2 N–H and O–H groups in total. The normalized spacial score (nSPS) is 17.3. The van der Waals surface area contributed by atoms with Crippen molar-refractivity contribution in [2.24, 2.45) is 4.99 Å². The molecule has 6 nitrogen and oxygen atoms in total. The minimum atomic E-state index is 0. The molecule has 0 spiro atoms. The molecule has 1 unspecified atom stereocenters. The van der Waals surface area contributed by atoms with Gasteiger partial charge in [-0.2, -0.15) is 0 Å². The van der Waals surface area contributed by atoms with E-state index in [2.05, 4.69) is 55.4 Å². The van der Waals surface area contributed by atoms with E-state index >= 15 is 0 Å². The van der Waals surface area contributed by atoms with Gasteiger partial charge in [0.1, 0.15) is 11.5 Å². The van der Waals surface area contributed by atoms with Crippen LogP contribution < -0.4 is 20.1 Å². The molecule has 28 heavy (non-hydrogen) atoms. The lowest BCUT2D eigenvalue weighted by Gasteiger charge is -2.23. The number of hydrogen-bond donors (Lipinski definition) is 2. The number of halogens is 1. The first-order chi connectivity index (χ1) is 12.9. The highest BCUT2D eigenvalue weighted by atomic mass is 127. The van der Waals surface area contributed by atoms with Crippen LogP contribution in [0.2, 0.25) is 0 Å². The molecular weight excluding hydrogens is 467 g/mol. The van der Waals surface area contributed by atoms with Crippen molar-refractivity contribution in [1.82, 2.24) is 15.5 Å². The van der Waals surface area contributed by atoms with Gasteiger partial charge in [-0.15, -0.1) is 24.0 Å². The number of aliphatic imine (C=N–C) groups is 1. The van der Waals surface area contributed by atoms with Crippen LogP contribution in [0.15, 0.2) is 23.2 Å². The summed E-state index contributed by atoms with van der Waals surface area (Å²) in [6.45, 7) is 13.1. The summed E-state index contributed by atoms with van der Waals surface area (Å²) in [6, 6.07) is 6.16. The van der Waals surface area contributed by atoms with Crippen molar-refractivity contribution in [3.8, 4) is 11.5 Å². The molecule has 1 aromatic carbocycles. The molecule has 1 aliphatic heterocycles. The monoisotopic (exact) mass is 504 g/mol. The van der Waals surface area contributed by atoms with Crippen LogP contribution in [0.4, 0.5) is 0 Å². The molecule has 0 radical (unpaired) electrons. The second kappa shape index (κ2) is 11.7. The molecule has 0 aromatic heterocycles. The van der Waals surface area contributed by atoms with Gasteiger partial charge in [0, 0.05) is 43.7 Å². The van der Waals surface area contributed by atoms with Gasteiger partial charge in [-0.25, -0.2) is 0 Å². The molecule has 1 atom stereocenters. The predicted octanol–water partition coefficient (Wildman–Crippen LogP) is 3.46. The van der Waals surface area contributed by atoms with Crippen molar-refractivity contribution in [1.29, 1.82) is 0 Å². The highest BCUT2D eigenvalue weighted by Crippen LogP contribution is 2.32. The van der Waals surface area contributed by atoms with E-state index < -0.39 is 0 Å². The lowest BCUT2D eigenvalue weighted by Crippen LogP contribution is -2.41. The van der Waals surface area contributed by atoms with Gasteiger partial charge >= 0.3 is 0 Å². The molecule has 1 aromatic rings. The Hall–Kier alpha value is -1.22. The van der Waals surface area contributed by atoms with Gasteiger partial charge in [-0.05, 0) is 51.8 Å². The average Bonchev–Trinajstić information content (AvgIpc) is 3.13. The number of hydrogen-bond acceptors (Lipinski definition) is 4. The van der Waals surface area contributed by atoms with E-state index in [9.17, 15) is 0 Å². The Balaban J connectivity index is 0.00000392. The van der Waals surface area contributed by atoms with Crippen LogP contribution in [-0.4, -0.2) is 63.3 Å². The summed E-state index contributed by atoms with van der Waals surface area (Å²) in [4.78, 5) is 7.17. The molecule has 1 aliphatic rings. The minimum Gasteiger partial charge on any atom is -0.497 e. The summed E-state index contributed by atoms with van der Waals surface area (Å²) in [5.41, 5.74) is 1.39. The fourth-order valence-corrected chi connectivity index (χ4v) is 3.31. The molecule has 1 heterocycles. The van der Waals surface area contributed by atoms with Crippen molar-refractivity contribution >= 4 is 29.9 Å².